The summed E-state index contributed by atoms with van der Waals surface area (Å²) in [5.74, 6) is 0.737. The first-order valence-corrected chi connectivity index (χ1v) is 10.9. The number of nitrogens with zero attached hydrogens (tertiary/aromatic N) is 3. The van der Waals surface area contributed by atoms with Crippen LogP contribution in [0.4, 0.5) is 10.2 Å². The van der Waals surface area contributed by atoms with E-state index < -0.39 is 0 Å². The van der Waals surface area contributed by atoms with E-state index in [0.717, 1.165) is 31.5 Å². The Morgan fingerprint density at radius 3 is 2.90 bits per heavy atom. The van der Waals surface area contributed by atoms with Gasteiger partial charge >= 0.3 is 0 Å². The zero-order valence-electron chi connectivity index (χ0n) is 18.2. The summed E-state index contributed by atoms with van der Waals surface area (Å²) in [5.41, 5.74) is 1.60. The third kappa shape index (κ3) is 6.41. The third-order valence-electron chi connectivity index (χ3n) is 5.06. The molecule has 1 saturated heterocycles. The van der Waals surface area contributed by atoms with Crippen molar-refractivity contribution < 1.29 is 9.18 Å². The minimum Gasteiger partial charge on any atom is -0.357 e. The van der Waals surface area contributed by atoms with Crippen molar-refractivity contribution in [2.75, 3.05) is 31.1 Å². The van der Waals surface area contributed by atoms with Gasteiger partial charge in [-0.1, -0.05) is 19.1 Å². The van der Waals surface area contributed by atoms with Crippen LogP contribution in [0, 0.1) is 5.82 Å². The van der Waals surface area contributed by atoms with Crippen molar-refractivity contribution in [2.24, 2.45) is 4.99 Å². The molecule has 31 heavy (non-hydrogen) atoms. The number of pyridine rings is 1. The molecule has 166 valence electrons. The number of halogens is 1. The lowest BCUT2D eigenvalue weighted by atomic mass is 10.1. The number of benzene rings is 1. The Hall–Kier alpha value is -3.16. The molecule has 2 heterocycles. The van der Waals surface area contributed by atoms with Crippen LogP contribution in [0.25, 0.3) is 0 Å². The van der Waals surface area contributed by atoms with Gasteiger partial charge in [0.15, 0.2) is 17.6 Å². The molecule has 2 aromatic rings. The smallest absolute Gasteiger partial charge is 0.251 e. The predicted octanol–water partition coefficient (Wildman–Crippen LogP) is 2.69. The normalized spacial score (nSPS) is 16.3. The number of rotatable bonds is 8. The molecule has 8 heteroatoms. The van der Waals surface area contributed by atoms with E-state index in [4.69, 9.17) is 0 Å². The summed E-state index contributed by atoms with van der Waals surface area (Å²) in [5, 5.41) is 9.60. The Kier molecular flexibility index (Phi) is 8.20. The molecule has 0 aliphatic carbocycles. The Labute approximate surface area is 183 Å². The fraction of sp³-hybridized carbons (Fsp3) is 0.435. The fourth-order valence-electron chi connectivity index (χ4n) is 3.52. The van der Waals surface area contributed by atoms with Crippen LogP contribution in [-0.2, 0) is 6.54 Å². The van der Waals surface area contributed by atoms with Crippen molar-refractivity contribution in [3.05, 3.63) is 59.5 Å². The average molecular weight is 427 g/mol. The second kappa shape index (κ2) is 11.3. The molecular formula is C23H31FN6O. The SMILES string of the molecule is CCCNC(=O)c1cccc(CN=C(NCC)NC2CCN(c3ncccc3F)C2)c1. The van der Waals surface area contributed by atoms with Gasteiger partial charge in [0.2, 0.25) is 0 Å². The summed E-state index contributed by atoms with van der Waals surface area (Å²) < 4.78 is 14.0. The highest BCUT2D eigenvalue weighted by atomic mass is 19.1. The van der Waals surface area contributed by atoms with Gasteiger partial charge in [0.05, 0.1) is 6.54 Å². The highest BCUT2D eigenvalue weighted by Gasteiger charge is 2.25. The van der Waals surface area contributed by atoms with E-state index >= 15 is 0 Å². The molecule has 1 aromatic carbocycles. The minimum atomic E-state index is -0.299. The lowest BCUT2D eigenvalue weighted by molar-refractivity contribution is 0.0953. The van der Waals surface area contributed by atoms with Crippen LogP contribution in [0.3, 0.4) is 0 Å². The molecule has 1 unspecified atom stereocenters. The van der Waals surface area contributed by atoms with Crippen LogP contribution in [0.15, 0.2) is 47.6 Å². The number of guanidine groups is 1. The monoisotopic (exact) mass is 426 g/mol. The predicted molar refractivity (Wildman–Crippen MR) is 122 cm³/mol. The van der Waals surface area contributed by atoms with Gasteiger partial charge in [0, 0.05) is 44.0 Å². The molecule has 7 nitrogen and oxygen atoms in total. The second-order valence-corrected chi connectivity index (χ2v) is 7.54. The van der Waals surface area contributed by atoms with E-state index in [1.54, 1.807) is 12.3 Å². The van der Waals surface area contributed by atoms with Crippen molar-refractivity contribution in [3.63, 3.8) is 0 Å². The van der Waals surface area contributed by atoms with Gasteiger partial charge in [-0.15, -0.1) is 0 Å². The number of amides is 1. The summed E-state index contributed by atoms with van der Waals surface area (Å²) in [6.07, 6.45) is 3.38. The number of anilines is 1. The highest BCUT2D eigenvalue weighted by Crippen LogP contribution is 2.20. The quantitative estimate of drug-likeness (QED) is 0.447. The molecule has 1 aromatic heterocycles. The number of carbonyl (C=O) groups excluding carboxylic acids is 1. The Bertz CT molecular complexity index is 903. The maximum absolute atomic E-state index is 14.0. The first kappa shape index (κ1) is 22.5. The molecule has 1 fully saturated rings. The van der Waals surface area contributed by atoms with E-state index in [0.29, 0.717) is 37.0 Å². The first-order chi connectivity index (χ1) is 15.1. The van der Waals surface area contributed by atoms with E-state index in [1.165, 1.54) is 6.07 Å². The van der Waals surface area contributed by atoms with E-state index in [9.17, 15) is 9.18 Å². The molecule has 1 amide bonds. The number of hydrogen-bond acceptors (Lipinski definition) is 4. The zero-order valence-corrected chi connectivity index (χ0v) is 18.2. The van der Waals surface area contributed by atoms with Crippen molar-refractivity contribution >= 4 is 17.7 Å². The molecule has 3 N–H and O–H groups in total. The van der Waals surface area contributed by atoms with Gasteiger partial charge in [-0.05, 0) is 49.6 Å². The van der Waals surface area contributed by atoms with Crippen LogP contribution in [0.5, 0.6) is 0 Å². The lowest BCUT2D eigenvalue weighted by Crippen LogP contribution is -2.44. The van der Waals surface area contributed by atoms with Gasteiger partial charge in [0.1, 0.15) is 0 Å². The summed E-state index contributed by atoms with van der Waals surface area (Å²) in [6.45, 7) is 7.28. The largest absolute Gasteiger partial charge is 0.357 e. The summed E-state index contributed by atoms with van der Waals surface area (Å²) in [4.78, 5) is 23.0. The Morgan fingerprint density at radius 2 is 2.13 bits per heavy atom. The van der Waals surface area contributed by atoms with Gasteiger partial charge in [-0.3, -0.25) is 4.79 Å². The van der Waals surface area contributed by atoms with Crippen molar-refractivity contribution in [3.8, 4) is 0 Å². The second-order valence-electron chi connectivity index (χ2n) is 7.54. The first-order valence-electron chi connectivity index (χ1n) is 10.9. The average Bonchev–Trinajstić information content (AvgIpc) is 3.24. The minimum absolute atomic E-state index is 0.0643. The van der Waals surface area contributed by atoms with Crippen molar-refractivity contribution in [2.45, 2.75) is 39.3 Å². The summed E-state index contributed by atoms with van der Waals surface area (Å²) in [7, 11) is 0. The van der Waals surface area contributed by atoms with E-state index in [2.05, 4.69) is 25.9 Å². The molecule has 0 bridgehead atoms. The Balaban J connectivity index is 1.61. The number of nitrogens with one attached hydrogen (secondary N) is 3. The standard InChI is InChI=1S/C23H31FN6O/c1-3-11-27-22(31)18-8-5-7-17(14-18)15-28-23(25-4-2)29-19-10-13-30(16-19)21-20(24)9-6-12-26-21/h5-9,12,14,19H,3-4,10-11,13,15-16H2,1-2H3,(H,27,31)(H2,25,28,29). The maximum Gasteiger partial charge on any atom is 0.251 e. The topological polar surface area (TPSA) is 81.6 Å². The van der Waals surface area contributed by atoms with Crippen LogP contribution in [0.2, 0.25) is 0 Å². The molecule has 0 saturated carbocycles. The maximum atomic E-state index is 14.0. The van der Waals surface area contributed by atoms with E-state index in [-0.39, 0.29) is 17.8 Å². The number of aromatic nitrogens is 1. The van der Waals surface area contributed by atoms with Crippen molar-refractivity contribution in [1.29, 1.82) is 0 Å². The zero-order chi connectivity index (χ0) is 22.1. The number of aliphatic imine (C=N–C) groups is 1. The molecule has 1 aliphatic rings. The lowest BCUT2D eigenvalue weighted by Gasteiger charge is -2.20. The molecule has 3 rings (SSSR count). The fourth-order valence-corrected chi connectivity index (χ4v) is 3.52. The summed E-state index contributed by atoms with van der Waals surface area (Å²) >= 11 is 0. The van der Waals surface area contributed by atoms with Crippen LogP contribution in [0.1, 0.15) is 42.6 Å². The number of carbonyl (C=O) groups is 1. The van der Waals surface area contributed by atoms with Gasteiger partial charge < -0.3 is 20.9 Å². The van der Waals surface area contributed by atoms with Crippen LogP contribution >= 0.6 is 0 Å². The highest BCUT2D eigenvalue weighted by molar-refractivity contribution is 5.94. The molecule has 0 spiro atoms. The molecule has 1 aliphatic heterocycles. The molecule has 1 atom stereocenters. The van der Waals surface area contributed by atoms with Gasteiger partial charge in [-0.2, -0.15) is 0 Å². The molecular weight excluding hydrogens is 395 g/mol. The van der Waals surface area contributed by atoms with Gasteiger partial charge in [-0.25, -0.2) is 14.4 Å². The summed E-state index contributed by atoms with van der Waals surface area (Å²) in [6, 6.07) is 10.7. The van der Waals surface area contributed by atoms with E-state index in [1.807, 2.05) is 43.0 Å². The Morgan fingerprint density at radius 1 is 1.26 bits per heavy atom. The van der Waals surface area contributed by atoms with Crippen LogP contribution in [-0.4, -0.2) is 49.1 Å². The molecule has 0 radical (unpaired) electrons. The van der Waals surface area contributed by atoms with Gasteiger partial charge in [0.25, 0.3) is 5.91 Å². The number of hydrogen-bond donors (Lipinski definition) is 3. The van der Waals surface area contributed by atoms with Crippen LogP contribution < -0.4 is 20.9 Å². The third-order valence-corrected chi connectivity index (χ3v) is 5.06. The van der Waals surface area contributed by atoms with Crippen molar-refractivity contribution in [1.82, 2.24) is 20.9 Å².